The monoisotopic (exact) mass is 305 g/mol. The Bertz CT molecular complexity index is 827. The molecule has 2 aliphatic rings. The van der Waals surface area contributed by atoms with E-state index in [-0.39, 0.29) is 10.8 Å². The lowest BCUT2D eigenvalue weighted by Crippen LogP contribution is -2.32. The smallest absolute Gasteiger partial charge is 0.167 e. The van der Waals surface area contributed by atoms with E-state index in [2.05, 4.69) is 56.4 Å². The van der Waals surface area contributed by atoms with Crippen LogP contribution < -0.4 is 5.32 Å². The molecule has 0 saturated heterocycles. The van der Waals surface area contributed by atoms with Crippen LogP contribution in [0.25, 0.3) is 10.8 Å². The molecule has 2 nitrogen and oxygen atoms in total. The van der Waals surface area contributed by atoms with Crippen molar-refractivity contribution in [3.8, 4) is 0 Å². The molecule has 0 aromatic heterocycles. The number of hydrogen-bond donors (Lipinski definition) is 1. The molecule has 0 radical (unpaired) electrons. The van der Waals surface area contributed by atoms with Crippen molar-refractivity contribution < 1.29 is 4.79 Å². The Hall–Kier alpha value is -2.09. The SMILES string of the molecule is CC1(C)[C@@H]2CC[C@@]1(C)C(=O)/C2=C\Nc1cccc2ccccc12. The van der Waals surface area contributed by atoms with Crippen LogP contribution in [-0.4, -0.2) is 5.78 Å². The van der Waals surface area contributed by atoms with Gasteiger partial charge in [-0.1, -0.05) is 57.2 Å². The van der Waals surface area contributed by atoms with Crippen LogP contribution in [0.15, 0.2) is 54.2 Å². The van der Waals surface area contributed by atoms with E-state index in [1.807, 2.05) is 18.3 Å². The van der Waals surface area contributed by atoms with Gasteiger partial charge in [0.25, 0.3) is 0 Å². The van der Waals surface area contributed by atoms with Crippen molar-refractivity contribution >= 4 is 22.2 Å². The number of ketones is 1. The zero-order valence-electron chi connectivity index (χ0n) is 14.0. The lowest BCUT2D eigenvalue weighted by atomic mass is 9.70. The van der Waals surface area contributed by atoms with Gasteiger partial charge >= 0.3 is 0 Å². The molecule has 0 heterocycles. The van der Waals surface area contributed by atoms with Crippen LogP contribution in [0.5, 0.6) is 0 Å². The highest BCUT2D eigenvalue weighted by Gasteiger charge is 2.63. The fraction of sp³-hybridized carbons (Fsp3) is 0.381. The zero-order chi connectivity index (χ0) is 16.2. The van der Waals surface area contributed by atoms with Gasteiger partial charge in [-0.15, -0.1) is 0 Å². The van der Waals surface area contributed by atoms with Gasteiger partial charge in [0, 0.05) is 28.3 Å². The molecule has 1 N–H and O–H groups in total. The summed E-state index contributed by atoms with van der Waals surface area (Å²) >= 11 is 0. The van der Waals surface area contributed by atoms with Gasteiger partial charge in [0.1, 0.15) is 0 Å². The second kappa shape index (κ2) is 4.70. The lowest BCUT2D eigenvalue weighted by molar-refractivity contribution is -0.125. The molecule has 2 bridgehead atoms. The number of hydrogen-bond acceptors (Lipinski definition) is 2. The molecule has 2 atom stereocenters. The highest BCUT2D eigenvalue weighted by molar-refractivity contribution is 6.05. The minimum atomic E-state index is -0.191. The Morgan fingerprint density at radius 3 is 2.57 bits per heavy atom. The number of fused-ring (bicyclic) bond motifs is 3. The number of rotatable bonds is 2. The maximum atomic E-state index is 12.9. The number of carbonyl (C=O) groups excluding carboxylic acids is 1. The van der Waals surface area contributed by atoms with Gasteiger partial charge in [0.05, 0.1) is 0 Å². The van der Waals surface area contributed by atoms with Gasteiger partial charge in [0.15, 0.2) is 5.78 Å². The molecule has 2 heteroatoms. The minimum Gasteiger partial charge on any atom is -0.361 e. The summed E-state index contributed by atoms with van der Waals surface area (Å²) in [4.78, 5) is 12.9. The van der Waals surface area contributed by atoms with E-state index >= 15 is 0 Å². The second-order valence-electron chi connectivity index (χ2n) is 7.74. The summed E-state index contributed by atoms with van der Waals surface area (Å²) in [7, 11) is 0. The van der Waals surface area contributed by atoms with Crippen LogP contribution in [0.1, 0.15) is 33.6 Å². The standard InChI is InChI=1S/C21H23NO/c1-20(2)17-11-12-21(20,3)19(23)16(17)13-22-18-10-6-8-14-7-4-5-9-15(14)18/h4-10,13,17,22H,11-12H2,1-3H3/b16-13-/t17-,21+/m1/s1. The fourth-order valence-corrected chi connectivity index (χ4v) is 4.60. The predicted molar refractivity (Wildman–Crippen MR) is 95.3 cm³/mol. The van der Waals surface area contributed by atoms with Crippen LogP contribution in [0.4, 0.5) is 5.69 Å². The number of allylic oxidation sites excluding steroid dienone is 1. The van der Waals surface area contributed by atoms with Gasteiger partial charge in [-0.2, -0.15) is 0 Å². The minimum absolute atomic E-state index is 0.0658. The average Bonchev–Trinajstić information content (AvgIpc) is 2.86. The van der Waals surface area contributed by atoms with Crippen molar-refractivity contribution in [1.29, 1.82) is 0 Å². The van der Waals surface area contributed by atoms with E-state index < -0.39 is 0 Å². The molecule has 2 aliphatic carbocycles. The summed E-state index contributed by atoms with van der Waals surface area (Å²) in [6.07, 6.45) is 4.12. The van der Waals surface area contributed by atoms with E-state index in [0.29, 0.717) is 11.7 Å². The summed E-state index contributed by atoms with van der Waals surface area (Å²) in [6.45, 7) is 6.65. The highest BCUT2D eigenvalue weighted by atomic mass is 16.1. The van der Waals surface area contributed by atoms with Gasteiger partial charge < -0.3 is 5.32 Å². The third-order valence-electron chi connectivity index (χ3n) is 6.54. The molecule has 2 aromatic carbocycles. The molecule has 23 heavy (non-hydrogen) atoms. The van der Waals surface area contributed by atoms with Crippen molar-refractivity contribution in [2.75, 3.05) is 5.32 Å². The molecule has 0 aliphatic heterocycles. The van der Waals surface area contributed by atoms with Crippen LogP contribution >= 0.6 is 0 Å². The quantitative estimate of drug-likeness (QED) is 0.776. The Balaban J connectivity index is 1.71. The molecule has 4 rings (SSSR count). The van der Waals surface area contributed by atoms with E-state index in [4.69, 9.17) is 0 Å². The Morgan fingerprint density at radius 1 is 1.09 bits per heavy atom. The first kappa shape index (κ1) is 14.5. The van der Waals surface area contributed by atoms with Crippen molar-refractivity contribution in [3.05, 3.63) is 54.2 Å². The third-order valence-corrected chi connectivity index (χ3v) is 6.54. The van der Waals surface area contributed by atoms with Crippen LogP contribution in [0.3, 0.4) is 0 Å². The first-order valence-electron chi connectivity index (χ1n) is 8.44. The molecule has 2 saturated carbocycles. The number of Topliss-reactive ketones (excluding diaryl/α,β-unsaturated/α-hetero) is 1. The van der Waals surface area contributed by atoms with E-state index in [0.717, 1.165) is 24.1 Å². The van der Waals surface area contributed by atoms with Crippen LogP contribution in [-0.2, 0) is 4.79 Å². The van der Waals surface area contributed by atoms with Gasteiger partial charge in [0.2, 0.25) is 0 Å². The molecular weight excluding hydrogens is 282 g/mol. The molecule has 2 aromatic rings. The summed E-state index contributed by atoms with van der Waals surface area (Å²) in [6, 6.07) is 14.6. The highest BCUT2D eigenvalue weighted by Crippen LogP contribution is 2.65. The van der Waals surface area contributed by atoms with Gasteiger partial charge in [-0.3, -0.25) is 4.79 Å². The van der Waals surface area contributed by atoms with Crippen molar-refractivity contribution in [2.45, 2.75) is 33.6 Å². The second-order valence-corrected chi connectivity index (χ2v) is 7.74. The Labute approximate surface area is 137 Å². The fourth-order valence-electron chi connectivity index (χ4n) is 4.60. The van der Waals surface area contributed by atoms with Crippen LogP contribution in [0.2, 0.25) is 0 Å². The normalized spacial score (nSPS) is 30.3. The predicted octanol–water partition coefficient (Wildman–Crippen LogP) is 5.16. The number of carbonyl (C=O) groups is 1. The molecule has 0 unspecified atom stereocenters. The topological polar surface area (TPSA) is 29.1 Å². The average molecular weight is 305 g/mol. The Kier molecular flexibility index (Phi) is 2.96. The largest absolute Gasteiger partial charge is 0.361 e. The summed E-state index contributed by atoms with van der Waals surface area (Å²) < 4.78 is 0. The molecule has 2 fully saturated rings. The van der Waals surface area contributed by atoms with E-state index in [1.165, 1.54) is 10.8 Å². The maximum absolute atomic E-state index is 12.9. The van der Waals surface area contributed by atoms with Crippen molar-refractivity contribution in [1.82, 2.24) is 0 Å². The maximum Gasteiger partial charge on any atom is 0.167 e. The number of benzene rings is 2. The zero-order valence-corrected chi connectivity index (χ0v) is 14.0. The first-order valence-corrected chi connectivity index (χ1v) is 8.44. The molecule has 0 spiro atoms. The summed E-state index contributed by atoms with van der Waals surface area (Å²) in [5.74, 6) is 0.717. The van der Waals surface area contributed by atoms with Crippen molar-refractivity contribution in [2.24, 2.45) is 16.7 Å². The van der Waals surface area contributed by atoms with Gasteiger partial charge in [-0.05, 0) is 35.6 Å². The van der Waals surface area contributed by atoms with E-state index in [9.17, 15) is 4.79 Å². The Morgan fingerprint density at radius 2 is 1.83 bits per heavy atom. The lowest BCUT2D eigenvalue weighted by Gasteiger charge is -2.31. The van der Waals surface area contributed by atoms with Crippen molar-refractivity contribution in [3.63, 3.8) is 0 Å². The third kappa shape index (κ3) is 1.84. The van der Waals surface area contributed by atoms with Crippen LogP contribution in [0, 0.1) is 16.7 Å². The van der Waals surface area contributed by atoms with E-state index in [1.54, 1.807) is 0 Å². The number of anilines is 1. The molecular formula is C21H23NO. The first-order chi connectivity index (χ1) is 10.9. The van der Waals surface area contributed by atoms with Gasteiger partial charge in [-0.25, -0.2) is 0 Å². The molecule has 118 valence electrons. The number of nitrogens with one attached hydrogen (secondary N) is 1. The summed E-state index contributed by atoms with van der Waals surface area (Å²) in [5, 5.41) is 5.82. The molecule has 0 amide bonds. The summed E-state index contributed by atoms with van der Waals surface area (Å²) in [5.41, 5.74) is 1.92.